The molecule has 0 radical (unpaired) electrons. The van der Waals surface area contributed by atoms with E-state index in [1.165, 1.54) is 4.90 Å². The average Bonchev–Trinajstić information content (AvgIpc) is 4.08. The minimum absolute atomic E-state index is 0.0385. The highest BCUT2D eigenvalue weighted by molar-refractivity contribution is 5.99. The topological polar surface area (TPSA) is 281 Å². The first kappa shape index (κ1) is 54.7. The number of para-hydroxylation sites is 1. The minimum Gasteiger partial charge on any atom is -0.489 e. The first-order chi connectivity index (χ1) is 37.5. The molecule has 2 saturated heterocycles. The van der Waals surface area contributed by atoms with Gasteiger partial charge in [-0.15, -0.1) is 0 Å². The molecule has 6 aromatic rings. The lowest BCUT2D eigenvalue weighted by Crippen LogP contribution is -2.61. The molecule has 7 atom stereocenters. The maximum Gasteiger partial charge on any atom is 0.407 e. The molecule has 19 nitrogen and oxygen atoms in total. The summed E-state index contributed by atoms with van der Waals surface area (Å²) >= 11 is 0. The number of carbonyl (C=O) groups is 7. The number of hydrogen-bond donors (Lipinski definition) is 9. The molecule has 5 aromatic carbocycles. The van der Waals surface area contributed by atoms with Gasteiger partial charge >= 0.3 is 6.09 Å². The largest absolute Gasteiger partial charge is 0.489 e. The number of aromatic amines is 1. The van der Waals surface area contributed by atoms with E-state index >= 15 is 9.59 Å². The summed E-state index contributed by atoms with van der Waals surface area (Å²) in [7, 11) is 0. The lowest BCUT2D eigenvalue weighted by Gasteiger charge is -2.32. The van der Waals surface area contributed by atoms with Gasteiger partial charge < -0.3 is 62.7 Å². The van der Waals surface area contributed by atoms with Gasteiger partial charge in [0.05, 0.1) is 6.54 Å². The van der Waals surface area contributed by atoms with Crippen molar-refractivity contribution in [3.8, 4) is 5.75 Å². The zero-order valence-electron chi connectivity index (χ0n) is 42.7. The number of carbonyl (C=O) groups excluding carboxylic acids is 7. The molecule has 4 unspecified atom stereocenters. The van der Waals surface area contributed by atoms with Crippen molar-refractivity contribution in [1.29, 1.82) is 0 Å². The van der Waals surface area contributed by atoms with Crippen molar-refractivity contribution in [3.05, 3.63) is 174 Å². The summed E-state index contributed by atoms with van der Waals surface area (Å²) in [6.07, 6.45) is 0.652. The first-order valence-corrected chi connectivity index (χ1v) is 26.0. The second kappa shape index (κ2) is 26.8. The van der Waals surface area contributed by atoms with Gasteiger partial charge in [0.1, 0.15) is 54.7 Å². The molecule has 2 aliphatic heterocycles. The molecule has 2 aliphatic rings. The van der Waals surface area contributed by atoms with Crippen molar-refractivity contribution in [2.75, 3.05) is 26.2 Å². The van der Waals surface area contributed by atoms with Crippen LogP contribution in [0.15, 0.2) is 146 Å². The lowest BCUT2D eigenvalue weighted by atomic mass is 9.99. The number of nitrogens with two attached hydrogens (primary N) is 2. The number of amides is 7. The van der Waals surface area contributed by atoms with Crippen molar-refractivity contribution >= 4 is 52.4 Å². The number of rotatable bonds is 17. The molecule has 8 rings (SSSR count). The molecular weight excluding hydrogens is 981 g/mol. The van der Waals surface area contributed by atoms with Crippen molar-refractivity contribution in [2.45, 2.75) is 93.9 Å². The second-order valence-corrected chi connectivity index (χ2v) is 19.2. The number of unbranched alkanes of at least 4 members (excludes halogenated alkanes) is 1. The van der Waals surface area contributed by atoms with Crippen LogP contribution in [-0.2, 0) is 59.4 Å². The fourth-order valence-electron chi connectivity index (χ4n) is 9.65. The van der Waals surface area contributed by atoms with Crippen molar-refractivity contribution in [2.24, 2.45) is 11.5 Å². The summed E-state index contributed by atoms with van der Waals surface area (Å²) in [4.78, 5) is 107. The third kappa shape index (κ3) is 14.9. The molecule has 0 saturated carbocycles. The van der Waals surface area contributed by atoms with E-state index in [0.717, 1.165) is 16.5 Å². The number of aromatic nitrogens is 1. The highest BCUT2D eigenvalue weighted by atomic mass is 16.6. The van der Waals surface area contributed by atoms with E-state index in [2.05, 4.69) is 36.9 Å². The highest BCUT2D eigenvalue weighted by Gasteiger charge is 2.45. The number of fused-ring (bicyclic) bond motifs is 2. The predicted molar refractivity (Wildman–Crippen MR) is 288 cm³/mol. The molecule has 77 heavy (non-hydrogen) atoms. The molecule has 1 aromatic heterocycles. The summed E-state index contributed by atoms with van der Waals surface area (Å²) in [5.74, 6) is -3.76. The fraction of sp³-hybridized carbons (Fsp3) is 0.328. The van der Waals surface area contributed by atoms with Crippen LogP contribution in [0.2, 0.25) is 0 Å². The number of nitrogens with zero attached hydrogens (tertiary/aromatic N) is 1. The molecule has 0 spiro atoms. The van der Waals surface area contributed by atoms with Crippen LogP contribution >= 0.6 is 0 Å². The molecule has 3 heterocycles. The molecule has 0 bridgehead atoms. The zero-order valence-corrected chi connectivity index (χ0v) is 42.7. The van der Waals surface area contributed by atoms with Gasteiger partial charge in [-0.25, -0.2) is 4.79 Å². The van der Waals surface area contributed by atoms with E-state index in [4.69, 9.17) is 20.9 Å². The number of ether oxygens (including phenoxy) is 2. The van der Waals surface area contributed by atoms with Crippen LogP contribution in [0, 0.1) is 0 Å². The molecule has 402 valence electrons. The Morgan fingerprint density at radius 3 is 1.87 bits per heavy atom. The number of hydrogen-bond acceptors (Lipinski definition) is 11. The summed E-state index contributed by atoms with van der Waals surface area (Å²) in [6, 6.07) is 33.6. The molecule has 7 amide bonds. The Morgan fingerprint density at radius 1 is 0.584 bits per heavy atom. The van der Waals surface area contributed by atoms with Crippen LogP contribution in [-0.4, -0.2) is 114 Å². The molecule has 19 heteroatoms. The second-order valence-electron chi connectivity index (χ2n) is 19.2. The third-order valence-corrected chi connectivity index (χ3v) is 13.7. The lowest BCUT2D eigenvalue weighted by molar-refractivity contribution is -0.143. The van der Waals surface area contributed by atoms with Gasteiger partial charge in [0.15, 0.2) is 0 Å². The molecule has 11 N–H and O–H groups in total. The van der Waals surface area contributed by atoms with E-state index in [9.17, 15) is 24.0 Å². The standard InChI is InChI=1S/C58H66N10O9/c59-27-13-12-22-46-52(69)64-47(30-38-23-25-42(26-24-38)76-36-39-16-6-2-7-17-39)53(70)66-49(31-37-14-4-1-5-15-37)57(74)68-35-43(77-58(75)61-29-28-60)33-50(68)55(72)67-51(40-18-8-3-9-19-40)56(73)65-48(54(71)63-46)32-41-34-62-45-21-11-10-20-44(41)45/h1-11,14-21,23-26,34,43,46-51,62H,12-13,22,27-33,35-36,59-60H2,(H,61,75)(H,63,71)(H,64,69)(H,65,73)(H,66,70)(H,67,72)/t43-,46?,47+,48-,49?,50?,51?/m1/s1. The Morgan fingerprint density at radius 2 is 1.17 bits per heavy atom. The predicted octanol–water partition coefficient (Wildman–Crippen LogP) is 3.37. The number of H-pyrrole nitrogens is 1. The van der Waals surface area contributed by atoms with Gasteiger partial charge in [-0.3, -0.25) is 28.8 Å². The first-order valence-electron chi connectivity index (χ1n) is 26.0. The SMILES string of the molecule is NCCCCC1NC(=O)[C@@H](Cc2c[nH]c3ccccc23)NC(=O)C(c2ccccc2)NC(=O)C2C[C@@H](OC(=O)NCCN)CN2C(=O)C(Cc2ccccc2)NC(=O)[C@H](Cc2ccc(OCc3ccccc3)cc2)NC1=O. The van der Waals surface area contributed by atoms with Crippen LogP contribution in [0.25, 0.3) is 10.9 Å². The Labute approximate surface area is 446 Å². The average molecular weight is 1050 g/mol. The van der Waals surface area contributed by atoms with E-state index in [1.54, 1.807) is 85.1 Å². The van der Waals surface area contributed by atoms with Crippen LogP contribution < -0.4 is 48.1 Å². The summed E-state index contributed by atoms with van der Waals surface area (Å²) < 4.78 is 11.8. The van der Waals surface area contributed by atoms with Gasteiger partial charge in [0, 0.05) is 55.9 Å². The quantitative estimate of drug-likeness (QED) is 0.0598. The highest BCUT2D eigenvalue weighted by Crippen LogP contribution is 2.26. The van der Waals surface area contributed by atoms with Gasteiger partial charge in [-0.05, 0) is 71.8 Å². The van der Waals surface area contributed by atoms with Gasteiger partial charge in [-0.2, -0.15) is 0 Å². The summed E-state index contributed by atoms with van der Waals surface area (Å²) in [5, 5.41) is 17.9. The summed E-state index contributed by atoms with van der Waals surface area (Å²) in [5.41, 5.74) is 15.7. The normalized spacial score (nSPS) is 21.6. The number of benzene rings is 5. The van der Waals surface area contributed by atoms with E-state index in [1.807, 2.05) is 60.7 Å². The van der Waals surface area contributed by atoms with Crippen molar-refractivity contribution in [3.63, 3.8) is 0 Å². The van der Waals surface area contributed by atoms with Crippen LogP contribution in [0.1, 0.15) is 59.5 Å². The summed E-state index contributed by atoms with van der Waals surface area (Å²) in [6.45, 7) is 0.617. The fourth-order valence-corrected chi connectivity index (χ4v) is 9.65. The van der Waals surface area contributed by atoms with Gasteiger partial charge in [0.25, 0.3) is 0 Å². The number of alkyl carbamates (subject to hydrolysis) is 1. The zero-order chi connectivity index (χ0) is 54.1. The minimum atomic E-state index is -1.42. The van der Waals surface area contributed by atoms with Gasteiger partial charge in [-0.1, -0.05) is 121 Å². The molecule has 0 aliphatic carbocycles. The Kier molecular flexibility index (Phi) is 19.0. The van der Waals surface area contributed by atoms with E-state index < -0.39 is 83.9 Å². The number of nitrogens with one attached hydrogen (secondary N) is 7. The van der Waals surface area contributed by atoms with Crippen LogP contribution in [0.3, 0.4) is 0 Å². The van der Waals surface area contributed by atoms with Gasteiger partial charge in [0.2, 0.25) is 35.4 Å². The Balaban J connectivity index is 1.19. The van der Waals surface area contributed by atoms with E-state index in [0.29, 0.717) is 54.0 Å². The maximum absolute atomic E-state index is 15.3. The monoisotopic (exact) mass is 1050 g/mol. The van der Waals surface area contributed by atoms with Crippen molar-refractivity contribution < 1.29 is 43.0 Å². The third-order valence-electron chi connectivity index (χ3n) is 13.7. The Hall–Kier alpha value is -8.55. The van der Waals surface area contributed by atoms with Crippen molar-refractivity contribution in [1.82, 2.24) is 41.8 Å². The van der Waals surface area contributed by atoms with Crippen LogP contribution in [0.5, 0.6) is 5.75 Å². The van der Waals surface area contributed by atoms with Crippen LogP contribution in [0.4, 0.5) is 4.79 Å². The smallest absolute Gasteiger partial charge is 0.407 e. The van der Waals surface area contributed by atoms with E-state index in [-0.39, 0.29) is 51.7 Å². The maximum atomic E-state index is 15.3. The molecular formula is C58H66N10O9. The molecule has 2 fully saturated rings. The Bertz CT molecular complexity index is 2960.